The van der Waals surface area contributed by atoms with Gasteiger partial charge in [0.1, 0.15) is 23.0 Å². The molecular formula is C15H23ClN2O4S2. The van der Waals surface area contributed by atoms with Gasteiger partial charge < -0.3 is 14.6 Å². The first kappa shape index (κ1) is 21.1. The first-order chi connectivity index (χ1) is 11.0. The zero-order valence-corrected chi connectivity index (χ0v) is 16.7. The van der Waals surface area contributed by atoms with Crippen LogP contribution in [-0.4, -0.2) is 28.2 Å². The highest BCUT2D eigenvalue weighted by atomic mass is 35.5. The fourth-order valence-electron chi connectivity index (χ4n) is 1.74. The van der Waals surface area contributed by atoms with Crippen LogP contribution in [0.3, 0.4) is 0 Å². The monoisotopic (exact) mass is 394 g/mol. The van der Waals surface area contributed by atoms with Gasteiger partial charge in [-0.05, 0) is 26.7 Å². The van der Waals surface area contributed by atoms with Crippen LogP contribution >= 0.6 is 22.9 Å². The minimum Gasteiger partial charge on any atom is -0.588 e. The molecule has 1 unspecified atom stereocenters. The molecule has 0 spiro atoms. The zero-order valence-electron chi connectivity index (χ0n) is 14.3. The van der Waals surface area contributed by atoms with Crippen LogP contribution in [0, 0.1) is 5.92 Å². The van der Waals surface area contributed by atoms with Crippen LogP contribution in [0.1, 0.15) is 41.0 Å². The fraction of sp³-hybridized carbons (Fsp3) is 0.600. The third-order valence-corrected chi connectivity index (χ3v) is 5.41. The van der Waals surface area contributed by atoms with Crippen molar-refractivity contribution >= 4 is 46.3 Å². The number of alkyl carbamates (subject to hydrolysis) is 1. The van der Waals surface area contributed by atoms with Crippen LogP contribution in [0.25, 0.3) is 0 Å². The number of ether oxygens (including phenoxy) is 1. The van der Waals surface area contributed by atoms with Crippen molar-refractivity contribution in [2.45, 2.75) is 57.6 Å². The summed E-state index contributed by atoms with van der Waals surface area (Å²) in [6.45, 7) is 8.93. The van der Waals surface area contributed by atoms with Gasteiger partial charge in [-0.25, -0.2) is 4.79 Å². The molecule has 0 fully saturated rings. The minimum absolute atomic E-state index is 0.152. The second-order valence-corrected chi connectivity index (χ2v) is 9.09. The van der Waals surface area contributed by atoms with Gasteiger partial charge in [0.05, 0.1) is 9.72 Å². The summed E-state index contributed by atoms with van der Waals surface area (Å²) in [6, 6.07) is 0.685. The number of hydrogen-bond acceptors (Lipinski definition) is 5. The van der Waals surface area contributed by atoms with Gasteiger partial charge in [0.2, 0.25) is 0 Å². The third-order valence-electron chi connectivity index (χ3n) is 3.12. The van der Waals surface area contributed by atoms with Crippen molar-refractivity contribution in [1.82, 2.24) is 10.0 Å². The van der Waals surface area contributed by atoms with Gasteiger partial charge in [0, 0.05) is 6.07 Å². The molecule has 0 radical (unpaired) electrons. The molecule has 0 saturated heterocycles. The molecule has 1 aromatic heterocycles. The topological polar surface area (TPSA) is 90.5 Å². The molecule has 1 aromatic rings. The first-order valence-corrected chi connectivity index (χ1v) is 9.90. The van der Waals surface area contributed by atoms with Crippen molar-refractivity contribution < 1.29 is 18.9 Å². The molecule has 0 aliphatic rings. The molecule has 1 heterocycles. The smallest absolute Gasteiger partial charge is 0.408 e. The molecule has 0 aromatic carbocycles. The average Bonchev–Trinajstić information content (AvgIpc) is 2.88. The highest BCUT2D eigenvalue weighted by Crippen LogP contribution is 2.23. The molecule has 0 aliphatic heterocycles. The van der Waals surface area contributed by atoms with Gasteiger partial charge in [-0.1, -0.05) is 31.9 Å². The Morgan fingerprint density at radius 1 is 1.46 bits per heavy atom. The highest BCUT2D eigenvalue weighted by molar-refractivity contribution is 7.90. The van der Waals surface area contributed by atoms with E-state index in [2.05, 4.69) is 10.0 Å². The Morgan fingerprint density at radius 2 is 2.08 bits per heavy atom. The molecule has 24 heavy (non-hydrogen) atoms. The molecule has 1 rings (SSSR count). The summed E-state index contributed by atoms with van der Waals surface area (Å²) in [5.41, 5.74) is -0.670. The van der Waals surface area contributed by atoms with E-state index in [4.69, 9.17) is 16.3 Å². The summed E-state index contributed by atoms with van der Waals surface area (Å²) < 4.78 is 20.3. The van der Waals surface area contributed by atoms with Crippen molar-refractivity contribution in [1.29, 1.82) is 0 Å². The molecule has 2 N–H and O–H groups in total. The summed E-state index contributed by atoms with van der Waals surface area (Å²) in [6.07, 6.45) is -0.0301. The number of nitrogens with one attached hydrogen (secondary N) is 2. The van der Waals surface area contributed by atoms with Crippen LogP contribution in [0.5, 0.6) is 0 Å². The lowest BCUT2D eigenvalue weighted by atomic mass is 9.99. The molecule has 9 heteroatoms. The fourth-order valence-corrected chi connectivity index (χ4v) is 3.77. The Labute approximate surface area is 154 Å². The molecule has 136 valence electrons. The van der Waals surface area contributed by atoms with E-state index in [9.17, 15) is 14.1 Å². The van der Waals surface area contributed by atoms with Crippen molar-refractivity contribution in [2.24, 2.45) is 5.92 Å². The van der Waals surface area contributed by atoms with Crippen molar-refractivity contribution in [2.75, 3.05) is 0 Å². The second-order valence-electron chi connectivity index (χ2n) is 6.33. The van der Waals surface area contributed by atoms with E-state index in [1.165, 1.54) is 17.4 Å². The molecule has 2 amide bonds. The van der Waals surface area contributed by atoms with Gasteiger partial charge in [-0.3, -0.25) is 4.79 Å². The zero-order chi connectivity index (χ0) is 18.5. The first-order valence-electron chi connectivity index (χ1n) is 7.49. The lowest BCUT2D eigenvalue weighted by Gasteiger charge is -2.26. The number of carbonyl (C=O) groups is 2. The van der Waals surface area contributed by atoms with E-state index in [0.29, 0.717) is 15.7 Å². The molecule has 3 atom stereocenters. The normalized spacial score (nSPS) is 15.3. The van der Waals surface area contributed by atoms with E-state index in [1.807, 2.05) is 13.8 Å². The quantitative estimate of drug-likeness (QED) is 0.722. The number of amides is 2. The molecular weight excluding hydrogens is 372 g/mol. The number of rotatable bonds is 6. The van der Waals surface area contributed by atoms with Gasteiger partial charge in [0.15, 0.2) is 4.90 Å². The lowest BCUT2D eigenvalue weighted by molar-refractivity contribution is -0.122. The maximum Gasteiger partial charge on any atom is 0.408 e. The maximum atomic E-state index is 12.4. The number of halogens is 1. The van der Waals surface area contributed by atoms with Gasteiger partial charge in [0.25, 0.3) is 5.91 Å². The Kier molecular flexibility index (Phi) is 7.85. The van der Waals surface area contributed by atoms with Gasteiger partial charge >= 0.3 is 6.09 Å². The largest absolute Gasteiger partial charge is 0.588 e. The van der Waals surface area contributed by atoms with E-state index in [1.54, 1.807) is 26.2 Å². The maximum absolute atomic E-state index is 12.4. The molecule has 0 saturated carbocycles. The van der Waals surface area contributed by atoms with Crippen molar-refractivity contribution in [3.63, 3.8) is 0 Å². The van der Waals surface area contributed by atoms with Crippen LogP contribution in [0.15, 0.2) is 16.3 Å². The summed E-state index contributed by atoms with van der Waals surface area (Å²) in [5, 5.41) is 4.16. The molecule has 0 bridgehead atoms. The Hall–Kier alpha value is -0.960. The Balaban J connectivity index is 2.76. The van der Waals surface area contributed by atoms with Gasteiger partial charge in [-0.2, -0.15) is 4.72 Å². The van der Waals surface area contributed by atoms with Crippen LogP contribution in [0.2, 0.25) is 4.34 Å². The summed E-state index contributed by atoms with van der Waals surface area (Å²) in [4.78, 5) is 24.8. The predicted molar refractivity (Wildman–Crippen MR) is 96.5 cm³/mol. The van der Waals surface area contributed by atoms with Crippen LogP contribution in [-0.2, 0) is 20.9 Å². The summed E-state index contributed by atoms with van der Waals surface area (Å²) >= 11 is 5.30. The predicted octanol–water partition coefficient (Wildman–Crippen LogP) is 3.48. The Morgan fingerprint density at radius 3 is 2.54 bits per heavy atom. The summed E-state index contributed by atoms with van der Waals surface area (Å²) in [7, 11) is 0. The van der Waals surface area contributed by atoms with Crippen LogP contribution in [0.4, 0.5) is 4.79 Å². The number of hydrogen-bond donors (Lipinski definition) is 2. The standard InChI is InChI=1S/C15H23ClN2O4S2/c1-6-9(2)12(17-14(20)22-15(3,4)5)13(19)18-24(21)10-7-11(16)23-8-10/h7-9,12H,6H2,1-5H3,(H,17,20)(H,18,19)/t9-,12-,24?/m0/s1. The minimum atomic E-state index is -1.73. The highest BCUT2D eigenvalue weighted by Gasteiger charge is 2.31. The average molecular weight is 395 g/mol. The van der Waals surface area contributed by atoms with E-state index in [-0.39, 0.29) is 5.92 Å². The van der Waals surface area contributed by atoms with E-state index >= 15 is 0 Å². The Bertz CT molecular complexity index is 574. The van der Waals surface area contributed by atoms with Crippen molar-refractivity contribution in [3.8, 4) is 0 Å². The third kappa shape index (κ3) is 6.88. The molecule has 0 aliphatic carbocycles. The number of thiophene rings is 1. The van der Waals surface area contributed by atoms with E-state index in [0.717, 1.165) is 0 Å². The van der Waals surface area contributed by atoms with E-state index < -0.39 is 35.0 Å². The van der Waals surface area contributed by atoms with Gasteiger partial charge in [-0.15, -0.1) is 11.3 Å². The van der Waals surface area contributed by atoms with Crippen molar-refractivity contribution in [3.05, 3.63) is 15.8 Å². The second kappa shape index (κ2) is 8.94. The number of carbonyl (C=O) groups excluding carboxylic acids is 2. The SMILES string of the molecule is CC[C@H](C)[C@H](NC(=O)OC(C)(C)C)C(=O)N[S+]([O-])c1csc(Cl)c1. The molecule has 6 nitrogen and oxygen atoms in total. The lowest BCUT2D eigenvalue weighted by Crippen LogP contribution is -2.52. The van der Waals surface area contributed by atoms with Crippen LogP contribution < -0.4 is 10.0 Å². The summed E-state index contributed by atoms with van der Waals surface area (Å²) in [5.74, 6) is -0.684.